The Morgan fingerprint density at radius 3 is 2.45 bits per heavy atom. The van der Waals surface area contributed by atoms with Crippen LogP contribution in [0.4, 0.5) is 11.5 Å². The lowest BCUT2D eigenvalue weighted by molar-refractivity contribution is -0.384. The summed E-state index contributed by atoms with van der Waals surface area (Å²) in [6, 6.07) is 3.31. The molecule has 0 aromatic carbocycles. The minimum absolute atomic E-state index is 0.0497. The minimum atomic E-state index is -0.381. The summed E-state index contributed by atoms with van der Waals surface area (Å²) in [6.45, 7) is 9.04. The molecule has 0 aliphatic heterocycles. The van der Waals surface area contributed by atoms with Gasteiger partial charge >= 0.3 is 5.69 Å². The van der Waals surface area contributed by atoms with E-state index in [0.717, 1.165) is 12.8 Å². The molecule has 1 aromatic rings. The van der Waals surface area contributed by atoms with Crippen LogP contribution in [0.2, 0.25) is 0 Å². The predicted octanol–water partition coefficient (Wildman–Crippen LogP) is 4.01. The monoisotopic (exact) mass is 277 g/mol. The second kappa shape index (κ2) is 5.04. The summed E-state index contributed by atoms with van der Waals surface area (Å²) in [5.74, 6) is 0.385. The molecule has 5 heteroatoms. The Balaban J connectivity index is 2.20. The summed E-state index contributed by atoms with van der Waals surface area (Å²) < 4.78 is 0. The number of hydrogen-bond donors (Lipinski definition) is 1. The molecule has 0 unspecified atom stereocenters. The maximum absolute atomic E-state index is 11.0. The minimum Gasteiger partial charge on any atom is -0.362 e. The van der Waals surface area contributed by atoms with E-state index >= 15 is 0 Å². The molecule has 1 aliphatic rings. The van der Waals surface area contributed by atoms with Crippen molar-refractivity contribution in [2.75, 3.05) is 5.32 Å². The average Bonchev–Trinajstić information content (AvgIpc) is 2.24. The Labute approximate surface area is 119 Å². The van der Waals surface area contributed by atoms with E-state index in [1.54, 1.807) is 12.3 Å². The second-order valence-corrected chi connectivity index (χ2v) is 7.38. The molecule has 0 bridgehead atoms. The summed E-state index contributed by atoms with van der Waals surface area (Å²) in [6.07, 6.45) is 4.77. The maximum Gasteiger partial charge on any atom is 0.311 e. The Hall–Kier alpha value is -1.65. The first-order chi connectivity index (χ1) is 9.19. The zero-order chi connectivity index (χ0) is 15.0. The largest absolute Gasteiger partial charge is 0.362 e. The second-order valence-electron chi connectivity index (χ2n) is 7.38. The highest BCUT2D eigenvalue weighted by Gasteiger charge is 2.39. The van der Waals surface area contributed by atoms with Crippen LogP contribution in [0.25, 0.3) is 0 Å². The molecular weight excluding hydrogens is 254 g/mol. The van der Waals surface area contributed by atoms with Crippen LogP contribution in [0.15, 0.2) is 18.3 Å². The van der Waals surface area contributed by atoms with Crippen LogP contribution < -0.4 is 5.32 Å². The molecule has 1 aliphatic carbocycles. The summed E-state index contributed by atoms with van der Waals surface area (Å²) in [5, 5.41) is 14.3. The topological polar surface area (TPSA) is 68.1 Å². The molecule has 0 amide bonds. The van der Waals surface area contributed by atoms with Gasteiger partial charge in [0.2, 0.25) is 5.82 Å². The standard InChI is InChI=1S/C15H23N3O2/c1-14(2)8-11(9-15(3,4)10-14)17-13-12(18(19)20)6-5-7-16-13/h5-7,11H,8-10H2,1-4H3,(H,16,17). The number of hydrogen-bond acceptors (Lipinski definition) is 4. The lowest BCUT2D eigenvalue weighted by atomic mass is 9.63. The van der Waals surface area contributed by atoms with E-state index < -0.39 is 0 Å². The Kier molecular flexibility index (Phi) is 3.71. The van der Waals surface area contributed by atoms with Gasteiger partial charge in [-0.05, 0) is 36.2 Å². The van der Waals surface area contributed by atoms with Crippen molar-refractivity contribution in [1.82, 2.24) is 4.98 Å². The number of rotatable bonds is 3. The SMILES string of the molecule is CC1(C)CC(Nc2ncccc2[N+](=O)[O-])CC(C)(C)C1. The summed E-state index contributed by atoms with van der Waals surface area (Å²) in [4.78, 5) is 14.8. The van der Waals surface area contributed by atoms with E-state index in [9.17, 15) is 10.1 Å². The van der Waals surface area contributed by atoms with Gasteiger partial charge in [-0.2, -0.15) is 0 Å². The lowest BCUT2D eigenvalue weighted by Crippen LogP contribution is -2.40. The molecule has 0 saturated heterocycles. The third kappa shape index (κ3) is 3.46. The van der Waals surface area contributed by atoms with Crippen molar-refractivity contribution in [2.24, 2.45) is 10.8 Å². The van der Waals surface area contributed by atoms with Crippen molar-refractivity contribution in [3.8, 4) is 0 Å². The Morgan fingerprint density at radius 1 is 1.30 bits per heavy atom. The highest BCUT2D eigenvalue weighted by molar-refractivity contribution is 5.55. The number of anilines is 1. The quantitative estimate of drug-likeness (QED) is 0.669. The van der Waals surface area contributed by atoms with Gasteiger partial charge in [0.05, 0.1) is 4.92 Å². The molecule has 20 heavy (non-hydrogen) atoms. The van der Waals surface area contributed by atoms with E-state index in [1.807, 2.05) is 0 Å². The van der Waals surface area contributed by atoms with Crippen molar-refractivity contribution in [3.05, 3.63) is 28.4 Å². The first-order valence-corrected chi connectivity index (χ1v) is 7.05. The van der Waals surface area contributed by atoms with Crippen LogP contribution in [-0.2, 0) is 0 Å². The first kappa shape index (κ1) is 14.8. The van der Waals surface area contributed by atoms with Crippen LogP contribution in [0.1, 0.15) is 47.0 Å². The number of pyridine rings is 1. The zero-order valence-electron chi connectivity index (χ0n) is 12.6. The average molecular weight is 277 g/mol. The number of nitro groups is 1. The van der Waals surface area contributed by atoms with Gasteiger partial charge in [0.1, 0.15) is 0 Å². The molecular formula is C15H23N3O2. The summed E-state index contributed by atoms with van der Waals surface area (Å²) in [7, 11) is 0. The van der Waals surface area contributed by atoms with Crippen molar-refractivity contribution in [3.63, 3.8) is 0 Å². The van der Waals surface area contributed by atoms with Crippen LogP contribution >= 0.6 is 0 Å². The zero-order valence-corrected chi connectivity index (χ0v) is 12.6. The molecule has 1 heterocycles. The third-order valence-corrected chi connectivity index (χ3v) is 3.88. The molecule has 0 radical (unpaired) electrons. The maximum atomic E-state index is 11.0. The van der Waals surface area contributed by atoms with Crippen molar-refractivity contribution >= 4 is 11.5 Å². The predicted molar refractivity (Wildman–Crippen MR) is 79.7 cm³/mol. The van der Waals surface area contributed by atoms with Crippen molar-refractivity contribution < 1.29 is 4.92 Å². The molecule has 1 aromatic heterocycles. The molecule has 1 fully saturated rings. The summed E-state index contributed by atoms with van der Waals surface area (Å²) in [5.41, 5.74) is 0.528. The number of aromatic nitrogens is 1. The molecule has 0 spiro atoms. The van der Waals surface area contributed by atoms with Crippen molar-refractivity contribution in [1.29, 1.82) is 0 Å². The van der Waals surface area contributed by atoms with Gasteiger partial charge in [0.25, 0.3) is 0 Å². The molecule has 1 saturated carbocycles. The number of nitrogens with one attached hydrogen (secondary N) is 1. The fourth-order valence-electron chi connectivity index (χ4n) is 3.80. The lowest BCUT2D eigenvalue weighted by Gasteiger charge is -2.45. The first-order valence-electron chi connectivity index (χ1n) is 7.05. The van der Waals surface area contributed by atoms with E-state index in [-0.39, 0.29) is 27.5 Å². The van der Waals surface area contributed by atoms with Gasteiger partial charge in [-0.25, -0.2) is 4.98 Å². The molecule has 5 nitrogen and oxygen atoms in total. The molecule has 0 atom stereocenters. The van der Waals surface area contributed by atoms with Gasteiger partial charge < -0.3 is 5.32 Å². The van der Waals surface area contributed by atoms with Gasteiger partial charge in [-0.15, -0.1) is 0 Å². The highest BCUT2D eigenvalue weighted by Crippen LogP contribution is 2.46. The number of nitrogens with zero attached hydrogens (tertiary/aromatic N) is 2. The van der Waals surface area contributed by atoms with Crippen LogP contribution in [-0.4, -0.2) is 15.9 Å². The van der Waals surface area contributed by atoms with Crippen molar-refractivity contribution in [2.45, 2.75) is 53.0 Å². The van der Waals surface area contributed by atoms with Crippen LogP contribution in [0.3, 0.4) is 0 Å². The Bertz CT molecular complexity index is 496. The van der Waals surface area contributed by atoms with Gasteiger partial charge in [0.15, 0.2) is 0 Å². The van der Waals surface area contributed by atoms with E-state index in [2.05, 4.69) is 38.0 Å². The molecule has 110 valence electrons. The van der Waals surface area contributed by atoms with Gasteiger partial charge in [-0.1, -0.05) is 27.7 Å². The fourth-order valence-corrected chi connectivity index (χ4v) is 3.80. The van der Waals surface area contributed by atoms with Gasteiger partial charge in [0, 0.05) is 18.3 Å². The van der Waals surface area contributed by atoms with E-state index in [4.69, 9.17) is 0 Å². The van der Waals surface area contributed by atoms with E-state index in [1.165, 1.54) is 12.5 Å². The normalized spacial score (nSPS) is 21.4. The van der Waals surface area contributed by atoms with Crippen LogP contribution in [0.5, 0.6) is 0 Å². The smallest absolute Gasteiger partial charge is 0.311 e. The van der Waals surface area contributed by atoms with Crippen LogP contribution in [0, 0.1) is 20.9 Å². The summed E-state index contributed by atoms with van der Waals surface area (Å²) >= 11 is 0. The van der Waals surface area contributed by atoms with E-state index in [0.29, 0.717) is 5.82 Å². The third-order valence-electron chi connectivity index (χ3n) is 3.88. The highest BCUT2D eigenvalue weighted by atomic mass is 16.6. The van der Waals surface area contributed by atoms with Gasteiger partial charge in [-0.3, -0.25) is 10.1 Å². The Morgan fingerprint density at radius 2 is 1.90 bits per heavy atom. The fraction of sp³-hybridized carbons (Fsp3) is 0.667. The molecule has 1 N–H and O–H groups in total. The molecule has 2 rings (SSSR count).